The van der Waals surface area contributed by atoms with Gasteiger partial charge in [-0.1, -0.05) is 18.2 Å². The van der Waals surface area contributed by atoms with Gasteiger partial charge in [-0.05, 0) is 94.6 Å². The van der Waals surface area contributed by atoms with Gasteiger partial charge in [0.15, 0.2) is 5.65 Å². The molecular weight excluding hydrogens is 797 g/mol. The molecule has 3 amide bonds. The summed E-state index contributed by atoms with van der Waals surface area (Å²) < 4.78 is 30.6. The Morgan fingerprint density at radius 2 is 1.48 bits per heavy atom. The smallest absolute Gasteiger partial charge is 0.306 e. The maximum Gasteiger partial charge on any atom is 0.306 e. The SMILES string of the molecule is CC(C)(C)OC(=O)CCC(C(N)=O)N1C(=O)c2ccc(OCCOCCOCCN3CCC(n4nc(-c5ccc(Oc6ccccc6)cc5)c5c(N)ncnc54)CC3)cc2C1=O. The first-order chi connectivity index (χ1) is 29.9. The summed E-state index contributed by atoms with van der Waals surface area (Å²) in [6.45, 7) is 9.51. The number of aromatic nitrogens is 4. The van der Waals surface area contributed by atoms with Crippen molar-refractivity contribution in [1.82, 2.24) is 29.5 Å². The van der Waals surface area contributed by atoms with Crippen LogP contribution in [-0.4, -0.2) is 118 Å². The number of para-hydroxylation sites is 1. The summed E-state index contributed by atoms with van der Waals surface area (Å²) in [5.74, 6) is -0.571. The van der Waals surface area contributed by atoms with E-state index in [1.54, 1.807) is 26.8 Å². The van der Waals surface area contributed by atoms with Gasteiger partial charge in [0.05, 0.1) is 49.0 Å². The molecule has 0 saturated carbocycles. The van der Waals surface area contributed by atoms with Crippen molar-refractivity contribution >= 4 is 40.5 Å². The maximum atomic E-state index is 13.3. The van der Waals surface area contributed by atoms with Crippen LogP contribution in [0.15, 0.2) is 79.1 Å². The summed E-state index contributed by atoms with van der Waals surface area (Å²) in [7, 11) is 0. The molecular formula is C45H52N8O9. The fraction of sp³-hybridized carbons (Fsp3) is 0.400. The van der Waals surface area contributed by atoms with Crippen LogP contribution in [0.2, 0.25) is 0 Å². The number of nitrogens with two attached hydrogens (primary N) is 2. The summed E-state index contributed by atoms with van der Waals surface area (Å²) in [6, 6.07) is 20.8. The number of amides is 3. The topological polar surface area (TPSA) is 217 Å². The van der Waals surface area contributed by atoms with Gasteiger partial charge in [0.1, 0.15) is 53.3 Å². The molecule has 4 N–H and O–H groups in total. The lowest BCUT2D eigenvalue weighted by molar-refractivity contribution is -0.155. The Morgan fingerprint density at radius 3 is 2.19 bits per heavy atom. The summed E-state index contributed by atoms with van der Waals surface area (Å²) in [6.07, 6.45) is 2.93. The third kappa shape index (κ3) is 10.5. The number of rotatable bonds is 19. The number of ether oxygens (including phenoxy) is 5. The molecule has 17 heteroatoms. The molecule has 2 aliphatic heterocycles. The molecule has 2 aromatic heterocycles. The molecule has 326 valence electrons. The maximum absolute atomic E-state index is 13.3. The monoisotopic (exact) mass is 848 g/mol. The van der Waals surface area contributed by atoms with Crippen LogP contribution in [0, 0.1) is 0 Å². The standard InChI is InChI=1S/C45H52N8O9/c1-45(2,3)62-37(54)16-15-36(41(47)55)52-43(56)34-14-13-33(27-35(34)44(52)57)60-26-25-59-24-23-58-22-21-51-19-17-30(18-20-51)53-42-38(40(46)48-28-49-42)39(50-53)29-9-11-32(12-10-29)61-31-7-5-4-6-8-31/h4-14,27-28,30,36H,15-26H2,1-3H3,(H2,47,55)(H2,46,48,49). The van der Waals surface area contributed by atoms with Gasteiger partial charge in [0.25, 0.3) is 11.8 Å². The number of hydrogen-bond acceptors (Lipinski definition) is 14. The van der Waals surface area contributed by atoms with Crippen LogP contribution in [0.4, 0.5) is 5.82 Å². The number of carbonyl (C=O) groups excluding carboxylic acids is 4. The van der Waals surface area contributed by atoms with E-state index in [9.17, 15) is 19.2 Å². The molecule has 0 aliphatic carbocycles. The Hall–Kier alpha value is -6.43. The average molecular weight is 849 g/mol. The number of likely N-dealkylation sites (tertiary alicyclic amines) is 1. The molecule has 1 atom stereocenters. The predicted octanol–water partition coefficient (Wildman–Crippen LogP) is 5.19. The zero-order valence-corrected chi connectivity index (χ0v) is 35.2. The van der Waals surface area contributed by atoms with Crippen molar-refractivity contribution < 1.29 is 42.9 Å². The Balaban J connectivity index is 0.806. The summed E-state index contributed by atoms with van der Waals surface area (Å²) >= 11 is 0. The number of fused-ring (bicyclic) bond motifs is 2. The second-order valence-corrected chi connectivity index (χ2v) is 16.1. The zero-order valence-electron chi connectivity index (χ0n) is 35.2. The van der Waals surface area contributed by atoms with Crippen LogP contribution in [-0.2, 0) is 23.8 Å². The highest BCUT2D eigenvalue weighted by atomic mass is 16.6. The van der Waals surface area contributed by atoms with Crippen LogP contribution >= 0.6 is 0 Å². The molecule has 5 aromatic rings. The van der Waals surface area contributed by atoms with Gasteiger partial charge in [-0.25, -0.2) is 14.6 Å². The van der Waals surface area contributed by atoms with Crippen LogP contribution in [0.5, 0.6) is 17.2 Å². The lowest BCUT2D eigenvalue weighted by Crippen LogP contribution is -2.48. The second-order valence-electron chi connectivity index (χ2n) is 16.1. The van der Waals surface area contributed by atoms with Crippen molar-refractivity contribution in [2.75, 3.05) is 58.4 Å². The van der Waals surface area contributed by atoms with E-state index in [1.807, 2.05) is 59.3 Å². The average Bonchev–Trinajstić information content (AvgIpc) is 3.75. The van der Waals surface area contributed by atoms with Crippen molar-refractivity contribution in [1.29, 1.82) is 0 Å². The minimum Gasteiger partial charge on any atom is -0.491 e. The molecule has 4 heterocycles. The van der Waals surface area contributed by atoms with E-state index in [1.165, 1.54) is 18.5 Å². The van der Waals surface area contributed by atoms with Gasteiger partial charge in [-0.15, -0.1) is 0 Å². The van der Waals surface area contributed by atoms with Crippen LogP contribution < -0.4 is 20.9 Å². The molecule has 0 radical (unpaired) electrons. The normalized spacial score (nSPS) is 15.2. The summed E-state index contributed by atoms with van der Waals surface area (Å²) in [5, 5.41) is 5.78. The number of nitrogen functional groups attached to an aromatic ring is 1. The summed E-state index contributed by atoms with van der Waals surface area (Å²) in [5.41, 5.74) is 13.8. The highest BCUT2D eigenvalue weighted by Gasteiger charge is 2.42. The van der Waals surface area contributed by atoms with Gasteiger partial charge < -0.3 is 40.1 Å². The number of primary amides is 1. The first-order valence-corrected chi connectivity index (χ1v) is 20.7. The van der Waals surface area contributed by atoms with E-state index in [-0.39, 0.29) is 43.2 Å². The number of piperidine rings is 1. The van der Waals surface area contributed by atoms with E-state index < -0.39 is 35.3 Å². The molecule has 0 bridgehead atoms. The lowest BCUT2D eigenvalue weighted by atomic mass is 10.1. The van der Waals surface area contributed by atoms with E-state index >= 15 is 0 Å². The highest BCUT2D eigenvalue weighted by Crippen LogP contribution is 2.35. The predicted molar refractivity (Wildman–Crippen MR) is 229 cm³/mol. The number of nitrogens with zero attached hydrogens (tertiary/aromatic N) is 6. The number of anilines is 1. The first kappa shape index (κ1) is 43.7. The zero-order chi connectivity index (χ0) is 43.8. The first-order valence-electron chi connectivity index (χ1n) is 20.7. The number of imide groups is 1. The third-order valence-electron chi connectivity index (χ3n) is 10.5. The molecule has 3 aromatic carbocycles. The van der Waals surface area contributed by atoms with Crippen molar-refractivity contribution in [3.05, 3.63) is 90.3 Å². The molecule has 1 unspecified atom stereocenters. The number of esters is 1. The van der Waals surface area contributed by atoms with Crippen molar-refractivity contribution in [2.24, 2.45) is 5.73 Å². The molecule has 1 saturated heterocycles. The Labute approximate surface area is 359 Å². The van der Waals surface area contributed by atoms with Crippen LogP contribution in [0.1, 0.15) is 73.2 Å². The van der Waals surface area contributed by atoms with E-state index in [0.29, 0.717) is 31.4 Å². The molecule has 0 spiro atoms. The van der Waals surface area contributed by atoms with E-state index in [0.717, 1.165) is 71.2 Å². The Bertz CT molecular complexity index is 2370. The van der Waals surface area contributed by atoms with E-state index in [4.69, 9.17) is 40.3 Å². The third-order valence-corrected chi connectivity index (χ3v) is 10.5. The molecule has 7 rings (SSSR count). The van der Waals surface area contributed by atoms with Gasteiger partial charge in [-0.2, -0.15) is 5.10 Å². The fourth-order valence-corrected chi connectivity index (χ4v) is 7.54. The Morgan fingerprint density at radius 1 is 0.823 bits per heavy atom. The van der Waals surface area contributed by atoms with Crippen molar-refractivity contribution in [2.45, 2.75) is 64.1 Å². The van der Waals surface area contributed by atoms with Gasteiger partial charge >= 0.3 is 5.97 Å². The van der Waals surface area contributed by atoms with Crippen molar-refractivity contribution in [3.8, 4) is 28.5 Å². The number of hydrogen-bond donors (Lipinski definition) is 2. The van der Waals surface area contributed by atoms with Gasteiger partial charge in [0, 0.05) is 31.6 Å². The fourth-order valence-electron chi connectivity index (χ4n) is 7.54. The lowest BCUT2D eigenvalue weighted by Gasteiger charge is -2.32. The highest BCUT2D eigenvalue weighted by molar-refractivity contribution is 6.23. The minimum absolute atomic E-state index is 0.0890. The Kier molecular flexibility index (Phi) is 13.7. The van der Waals surface area contributed by atoms with E-state index in [2.05, 4.69) is 14.9 Å². The van der Waals surface area contributed by atoms with Crippen LogP contribution in [0.3, 0.4) is 0 Å². The minimum atomic E-state index is -1.31. The number of benzene rings is 3. The van der Waals surface area contributed by atoms with Crippen LogP contribution in [0.25, 0.3) is 22.3 Å². The molecule has 2 aliphatic rings. The second kappa shape index (κ2) is 19.5. The summed E-state index contributed by atoms with van der Waals surface area (Å²) in [4.78, 5) is 63.0. The number of carbonyl (C=O) groups is 4. The molecule has 62 heavy (non-hydrogen) atoms. The van der Waals surface area contributed by atoms with Gasteiger partial charge in [0.2, 0.25) is 5.91 Å². The quantitative estimate of drug-likeness (QED) is 0.0622. The molecule has 17 nitrogen and oxygen atoms in total. The van der Waals surface area contributed by atoms with Gasteiger partial charge in [-0.3, -0.25) is 24.1 Å². The largest absolute Gasteiger partial charge is 0.491 e. The van der Waals surface area contributed by atoms with Crippen molar-refractivity contribution in [3.63, 3.8) is 0 Å². The molecule has 1 fully saturated rings.